The fraction of sp³-hybridized carbons (Fsp3) is 0.583. The number of nitriles is 1. The third-order valence-corrected chi connectivity index (χ3v) is 3.44. The van der Waals surface area contributed by atoms with Crippen LogP contribution in [-0.2, 0) is 6.54 Å². The quantitative estimate of drug-likeness (QED) is 0.809. The van der Waals surface area contributed by atoms with Crippen LogP contribution in [0.3, 0.4) is 0 Å². The summed E-state index contributed by atoms with van der Waals surface area (Å²) >= 11 is 0. The van der Waals surface area contributed by atoms with Gasteiger partial charge in [-0.3, -0.25) is 19.2 Å². The molecule has 0 aromatic carbocycles. The van der Waals surface area contributed by atoms with Crippen LogP contribution in [0.5, 0.6) is 0 Å². The van der Waals surface area contributed by atoms with Gasteiger partial charge in [0.2, 0.25) is 0 Å². The second-order valence-electron chi connectivity index (χ2n) is 4.49. The second kappa shape index (κ2) is 5.19. The van der Waals surface area contributed by atoms with E-state index in [1.165, 1.54) is 10.8 Å². The average Bonchev–Trinajstić information content (AvgIpc) is 2.79. The van der Waals surface area contributed by atoms with Gasteiger partial charge in [0.1, 0.15) is 11.6 Å². The van der Waals surface area contributed by atoms with E-state index in [1.54, 1.807) is 6.07 Å². The van der Waals surface area contributed by atoms with Gasteiger partial charge in [0, 0.05) is 18.8 Å². The maximum atomic E-state index is 11.7. The highest BCUT2D eigenvalue weighted by Gasteiger charge is 2.23. The predicted octanol–water partition coefficient (Wildman–Crippen LogP) is -0.107. The molecule has 1 saturated heterocycles. The third-order valence-electron chi connectivity index (χ3n) is 3.44. The number of hydrogen-bond acceptors (Lipinski definition) is 4. The summed E-state index contributed by atoms with van der Waals surface area (Å²) in [6, 6.07) is 2.11. The number of likely N-dealkylation sites (N-methyl/N-ethyl adjacent to an activating group) is 1. The van der Waals surface area contributed by atoms with Gasteiger partial charge in [0.05, 0.1) is 0 Å². The van der Waals surface area contributed by atoms with E-state index in [4.69, 9.17) is 5.26 Å². The summed E-state index contributed by atoms with van der Waals surface area (Å²) in [5, 5.41) is 8.80. The molecule has 0 radical (unpaired) electrons. The minimum Gasteiger partial charge on any atom is -0.299 e. The van der Waals surface area contributed by atoms with Crippen molar-refractivity contribution in [3.63, 3.8) is 0 Å². The Balaban J connectivity index is 2.27. The van der Waals surface area contributed by atoms with Gasteiger partial charge in [-0.15, -0.1) is 0 Å². The molecule has 2 rings (SSSR count). The normalized spacial score (nSPS) is 19.9. The standard InChI is InChI=1S/C12H16N4O2/c1-2-15-5-3-4-10(15)8-16-7-9(6-13)11(17)14-12(16)18/h7,10H,2-5,8H2,1H3,(H,14,17,18)/t10-/m0/s1. The van der Waals surface area contributed by atoms with Gasteiger partial charge in [-0.25, -0.2) is 4.79 Å². The van der Waals surface area contributed by atoms with Gasteiger partial charge in [-0.2, -0.15) is 5.26 Å². The molecule has 6 nitrogen and oxygen atoms in total. The number of H-pyrrole nitrogens is 1. The molecule has 0 spiro atoms. The van der Waals surface area contributed by atoms with Crippen LogP contribution >= 0.6 is 0 Å². The highest BCUT2D eigenvalue weighted by atomic mass is 16.2. The lowest BCUT2D eigenvalue weighted by molar-refractivity contribution is 0.241. The monoisotopic (exact) mass is 248 g/mol. The van der Waals surface area contributed by atoms with Gasteiger partial charge >= 0.3 is 5.69 Å². The van der Waals surface area contributed by atoms with Gasteiger partial charge in [-0.05, 0) is 25.9 Å². The lowest BCUT2D eigenvalue weighted by atomic mass is 10.2. The largest absolute Gasteiger partial charge is 0.328 e. The molecule has 1 fully saturated rings. The van der Waals surface area contributed by atoms with Crippen molar-refractivity contribution in [3.05, 3.63) is 32.6 Å². The van der Waals surface area contributed by atoms with Crippen molar-refractivity contribution in [1.29, 1.82) is 5.26 Å². The molecule has 1 aliphatic rings. The minimum absolute atomic E-state index is 0.0179. The lowest BCUT2D eigenvalue weighted by Gasteiger charge is -2.23. The topological polar surface area (TPSA) is 81.9 Å². The maximum absolute atomic E-state index is 11.7. The molecule has 0 amide bonds. The molecule has 1 N–H and O–H groups in total. The Morgan fingerprint density at radius 2 is 2.33 bits per heavy atom. The summed E-state index contributed by atoms with van der Waals surface area (Å²) in [5.74, 6) is 0. The van der Waals surface area contributed by atoms with E-state index in [0.717, 1.165) is 25.9 Å². The van der Waals surface area contributed by atoms with E-state index < -0.39 is 11.2 Å². The smallest absolute Gasteiger partial charge is 0.299 e. The van der Waals surface area contributed by atoms with Crippen molar-refractivity contribution in [1.82, 2.24) is 14.5 Å². The number of aromatic amines is 1. The van der Waals surface area contributed by atoms with Crippen molar-refractivity contribution < 1.29 is 0 Å². The van der Waals surface area contributed by atoms with Crippen molar-refractivity contribution in [2.45, 2.75) is 32.4 Å². The van der Waals surface area contributed by atoms with Crippen LogP contribution in [0.1, 0.15) is 25.3 Å². The lowest BCUT2D eigenvalue weighted by Crippen LogP contribution is -2.38. The molecule has 18 heavy (non-hydrogen) atoms. The first kappa shape index (κ1) is 12.6. The van der Waals surface area contributed by atoms with Crippen LogP contribution in [0.4, 0.5) is 0 Å². The molecule has 0 unspecified atom stereocenters. The molecule has 0 aliphatic carbocycles. The minimum atomic E-state index is -0.613. The number of hydrogen-bond donors (Lipinski definition) is 1. The summed E-state index contributed by atoms with van der Waals surface area (Å²) in [6.07, 6.45) is 3.52. The van der Waals surface area contributed by atoms with E-state index in [0.29, 0.717) is 12.6 Å². The maximum Gasteiger partial charge on any atom is 0.328 e. The fourth-order valence-electron chi connectivity index (χ4n) is 2.47. The highest BCUT2D eigenvalue weighted by Crippen LogP contribution is 2.17. The zero-order valence-corrected chi connectivity index (χ0v) is 10.3. The third kappa shape index (κ3) is 2.36. The molecule has 96 valence electrons. The predicted molar refractivity (Wildman–Crippen MR) is 66.3 cm³/mol. The molecular weight excluding hydrogens is 232 g/mol. The van der Waals surface area contributed by atoms with Crippen molar-refractivity contribution in [2.24, 2.45) is 0 Å². The van der Waals surface area contributed by atoms with E-state index in [1.807, 2.05) is 0 Å². The number of likely N-dealkylation sites (tertiary alicyclic amines) is 1. The van der Waals surface area contributed by atoms with Crippen LogP contribution in [-0.4, -0.2) is 33.6 Å². The van der Waals surface area contributed by atoms with E-state index in [2.05, 4.69) is 16.8 Å². The molecule has 1 aromatic rings. The van der Waals surface area contributed by atoms with Gasteiger partial charge in [0.25, 0.3) is 5.56 Å². The second-order valence-corrected chi connectivity index (χ2v) is 4.49. The Morgan fingerprint density at radius 3 is 3.00 bits per heavy atom. The zero-order chi connectivity index (χ0) is 13.1. The van der Waals surface area contributed by atoms with Crippen LogP contribution < -0.4 is 11.2 Å². The number of nitrogens with zero attached hydrogens (tertiary/aromatic N) is 3. The van der Waals surface area contributed by atoms with Crippen LogP contribution in [0.25, 0.3) is 0 Å². The summed E-state index contributed by atoms with van der Waals surface area (Å²) in [5.41, 5.74) is -1.07. The van der Waals surface area contributed by atoms with Gasteiger partial charge in [-0.1, -0.05) is 6.92 Å². The fourth-order valence-corrected chi connectivity index (χ4v) is 2.47. The Hall–Kier alpha value is -1.87. The Kier molecular flexibility index (Phi) is 3.63. The molecule has 1 aromatic heterocycles. The molecular formula is C12H16N4O2. The molecule has 6 heteroatoms. The van der Waals surface area contributed by atoms with Gasteiger partial charge < -0.3 is 0 Å². The number of rotatable bonds is 3. The Morgan fingerprint density at radius 1 is 1.56 bits per heavy atom. The highest BCUT2D eigenvalue weighted by molar-refractivity contribution is 5.21. The Bertz CT molecular complexity index is 581. The first-order chi connectivity index (χ1) is 8.65. The van der Waals surface area contributed by atoms with Crippen molar-refractivity contribution in [3.8, 4) is 6.07 Å². The Labute approximate surface area is 104 Å². The number of nitrogens with one attached hydrogen (secondary N) is 1. The van der Waals surface area contributed by atoms with Crippen LogP contribution in [0.15, 0.2) is 15.8 Å². The summed E-state index contributed by atoms with van der Waals surface area (Å²) < 4.78 is 1.43. The van der Waals surface area contributed by atoms with Crippen LogP contribution in [0, 0.1) is 11.3 Å². The first-order valence-corrected chi connectivity index (χ1v) is 6.13. The summed E-state index contributed by atoms with van der Waals surface area (Å²) in [4.78, 5) is 27.4. The van der Waals surface area contributed by atoms with E-state index in [-0.39, 0.29) is 5.56 Å². The van der Waals surface area contributed by atoms with Crippen LogP contribution in [0.2, 0.25) is 0 Å². The van der Waals surface area contributed by atoms with Crippen molar-refractivity contribution >= 4 is 0 Å². The van der Waals surface area contributed by atoms with E-state index in [9.17, 15) is 9.59 Å². The summed E-state index contributed by atoms with van der Waals surface area (Å²) in [6.45, 7) is 4.62. The van der Waals surface area contributed by atoms with Gasteiger partial charge in [0.15, 0.2) is 0 Å². The molecule has 0 bridgehead atoms. The molecule has 0 saturated carbocycles. The number of aromatic nitrogens is 2. The first-order valence-electron chi connectivity index (χ1n) is 6.13. The van der Waals surface area contributed by atoms with Crippen molar-refractivity contribution in [2.75, 3.05) is 13.1 Å². The molecule has 2 heterocycles. The zero-order valence-electron chi connectivity index (χ0n) is 10.3. The molecule has 1 aliphatic heterocycles. The molecule has 1 atom stereocenters. The summed E-state index contributed by atoms with van der Waals surface area (Å²) in [7, 11) is 0. The van der Waals surface area contributed by atoms with E-state index >= 15 is 0 Å². The average molecular weight is 248 g/mol. The SMILES string of the molecule is CCN1CCC[C@H]1Cn1cc(C#N)c(=O)[nH]c1=O.